The molecule has 3 N–H and O–H groups in total. The quantitative estimate of drug-likeness (QED) is 0.821. The molecule has 1 unspecified atom stereocenters. The van der Waals surface area contributed by atoms with E-state index in [4.69, 9.17) is 5.73 Å². The fourth-order valence-corrected chi connectivity index (χ4v) is 2.23. The number of carbonyl (C=O) groups is 1. The van der Waals surface area contributed by atoms with Gasteiger partial charge in [-0.3, -0.25) is 4.79 Å². The Bertz CT molecular complexity index is 441. The molecule has 1 amide bonds. The number of rotatable bonds is 6. The predicted octanol–water partition coefficient (Wildman–Crippen LogP) is 1.81. The third-order valence-corrected chi connectivity index (χ3v) is 3.43. The van der Waals surface area contributed by atoms with E-state index >= 15 is 0 Å². The topological polar surface area (TPSA) is 58.4 Å². The van der Waals surface area contributed by atoms with Crippen LogP contribution >= 0.6 is 0 Å². The largest absolute Gasteiger partial charge is 0.327 e. The third kappa shape index (κ3) is 4.33. The standard InChI is InChI=1S/C15H23N3O/c1-18(2)10-12-5-3-4-6-14(12)17-15(19)9-13(16)11-7-8-11/h3-6,11,13H,7-10,16H2,1-2H3,(H,17,19). The lowest BCUT2D eigenvalue weighted by atomic mass is 10.1. The summed E-state index contributed by atoms with van der Waals surface area (Å²) in [5, 5.41) is 2.98. The van der Waals surface area contributed by atoms with Gasteiger partial charge in [-0.2, -0.15) is 0 Å². The van der Waals surface area contributed by atoms with Crippen molar-refractivity contribution in [2.45, 2.75) is 31.8 Å². The smallest absolute Gasteiger partial charge is 0.225 e. The minimum atomic E-state index is 0.0148. The van der Waals surface area contributed by atoms with Crippen molar-refractivity contribution in [3.63, 3.8) is 0 Å². The molecule has 0 aromatic heterocycles. The molecule has 0 saturated heterocycles. The zero-order valence-corrected chi connectivity index (χ0v) is 11.7. The van der Waals surface area contributed by atoms with Crippen molar-refractivity contribution in [3.05, 3.63) is 29.8 Å². The minimum Gasteiger partial charge on any atom is -0.327 e. The first-order valence-corrected chi connectivity index (χ1v) is 6.84. The maximum Gasteiger partial charge on any atom is 0.225 e. The Kier molecular flexibility index (Phi) is 4.56. The molecule has 1 saturated carbocycles. The van der Waals surface area contributed by atoms with Gasteiger partial charge in [0.2, 0.25) is 5.91 Å². The maximum absolute atomic E-state index is 12.0. The summed E-state index contributed by atoms with van der Waals surface area (Å²) < 4.78 is 0. The number of anilines is 1. The molecule has 1 fully saturated rings. The van der Waals surface area contributed by atoms with Crippen molar-refractivity contribution in [1.29, 1.82) is 0 Å². The van der Waals surface area contributed by atoms with Gasteiger partial charge >= 0.3 is 0 Å². The molecule has 2 rings (SSSR count). The number of carbonyl (C=O) groups excluding carboxylic acids is 1. The van der Waals surface area contributed by atoms with Gasteiger partial charge in [0, 0.05) is 24.7 Å². The van der Waals surface area contributed by atoms with E-state index in [1.54, 1.807) is 0 Å². The molecule has 0 spiro atoms. The number of hydrogen-bond donors (Lipinski definition) is 2. The Morgan fingerprint density at radius 3 is 2.74 bits per heavy atom. The summed E-state index contributed by atoms with van der Waals surface area (Å²) in [6.07, 6.45) is 2.76. The Labute approximate surface area is 115 Å². The van der Waals surface area contributed by atoms with E-state index in [0.717, 1.165) is 17.8 Å². The van der Waals surface area contributed by atoms with Gasteiger partial charge in [0.15, 0.2) is 0 Å². The van der Waals surface area contributed by atoms with Crippen LogP contribution in [0.3, 0.4) is 0 Å². The summed E-state index contributed by atoms with van der Waals surface area (Å²) in [5.74, 6) is 0.577. The second kappa shape index (κ2) is 6.17. The first-order chi connectivity index (χ1) is 9.06. The Morgan fingerprint density at radius 1 is 1.42 bits per heavy atom. The molecule has 1 atom stereocenters. The molecule has 1 aliphatic carbocycles. The number of amides is 1. The molecule has 1 aromatic rings. The highest BCUT2D eigenvalue weighted by Crippen LogP contribution is 2.32. The van der Waals surface area contributed by atoms with Crippen molar-refractivity contribution in [3.8, 4) is 0 Å². The van der Waals surface area contributed by atoms with Crippen LogP contribution in [-0.4, -0.2) is 30.9 Å². The van der Waals surface area contributed by atoms with E-state index < -0.39 is 0 Å². The molecular weight excluding hydrogens is 238 g/mol. The van der Waals surface area contributed by atoms with Crippen LogP contribution in [0.5, 0.6) is 0 Å². The summed E-state index contributed by atoms with van der Waals surface area (Å²) >= 11 is 0. The van der Waals surface area contributed by atoms with Crippen LogP contribution in [0, 0.1) is 5.92 Å². The number of nitrogens with two attached hydrogens (primary N) is 1. The zero-order valence-electron chi connectivity index (χ0n) is 11.7. The molecule has 0 radical (unpaired) electrons. The maximum atomic E-state index is 12.0. The van der Waals surface area contributed by atoms with Gasteiger partial charge in [-0.05, 0) is 44.5 Å². The predicted molar refractivity (Wildman–Crippen MR) is 77.8 cm³/mol. The van der Waals surface area contributed by atoms with E-state index in [9.17, 15) is 4.79 Å². The fourth-order valence-electron chi connectivity index (χ4n) is 2.23. The Balaban J connectivity index is 1.95. The molecule has 1 aromatic carbocycles. The summed E-state index contributed by atoms with van der Waals surface area (Å²) in [5.41, 5.74) is 8.00. The number of benzene rings is 1. The van der Waals surface area contributed by atoms with Crippen LogP contribution in [0.25, 0.3) is 0 Å². The minimum absolute atomic E-state index is 0.0148. The van der Waals surface area contributed by atoms with Gasteiger partial charge in [-0.15, -0.1) is 0 Å². The summed E-state index contributed by atoms with van der Waals surface area (Å²) in [7, 11) is 4.03. The Hall–Kier alpha value is -1.39. The van der Waals surface area contributed by atoms with Crippen LogP contribution in [0.15, 0.2) is 24.3 Å². The average molecular weight is 261 g/mol. The molecule has 104 valence electrons. The lowest BCUT2D eigenvalue weighted by Crippen LogP contribution is -2.29. The van der Waals surface area contributed by atoms with Gasteiger partial charge in [-0.1, -0.05) is 18.2 Å². The summed E-state index contributed by atoms with van der Waals surface area (Å²) in [6.45, 7) is 0.811. The van der Waals surface area contributed by atoms with Crippen LogP contribution in [0.4, 0.5) is 5.69 Å². The normalized spacial score (nSPS) is 16.4. The summed E-state index contributed by atoms with van der Waals surface area (Å²) in [4.78, 5) is 14.1. The van der Waals surface area contributed by atoms with E-state index in [0.29, 0.717) is 12.3 Å². The van der Waals surface area contributed by atoms with Gasteiger partial charge in [0.25, 0.3) is 0 Å². The monoisotopic (exact) mass is 261 g/mol. The number of para-hydroxylation sites is 1. The average Bonchev–Trinajstić information content (AvgIpc) is 3.14. The summed E-state index contributed by atoms with van der Waals surface area (Å²) in [6, 6.07) is 7.93. The Morgan fingerprint density at radius 2 is 2.11 bits per heavy atom. The van der Waals surface area contributed by atoms with Gasteiger partial charge < -0.3 is 16.0 Å². The van der Waals surface area contributed by atoms with E-state index in [1.807, 2.05) is 38.4 Å². The van der Waals surface area contributed by atoms with Crippen molar-refractivity contribution in [2.75, 3.05) is 19.4 Å². The molecule has 0 aliphatic heterocycles. The van der Waals surface area contributed by atoms with Gasteiger partial charge in [0.1, 0.15) is 0 Å². The van der Waals surface area contributed by atoms with Crippen LogP contribution in [-0.2, 0) is 11.3 Å². The van der Waals surface area contributed by atoms with E-state index in [1.165, 1.54) is 12.8 Å². The molecule has 0 bridgehead atoms. The first-order valence-electron chi connectivity index (χ1n) is 6.84. The van der Waals surface area contributed by atoms with Crippen molar-refractivity contribution in [2.24, 2.45) is 11.7 Å². The zero-order chi connectivity index (χ0) is 13.8. The first kappa shape index (κ1) is 14.0. The number of nitrogens with zero attached hydrogens (tertiary/aromatic N) is 1. The highest BCUT2D eigenvalue weighted by atomic mass is 16.1. The van der Waals surface area contributed by atoms with Crippen molar-refractivity contribution >= 4 is 11.6 Å². The van der Waals surface area contributed by atoms with Crippen LogP contribution < -0.4 is 11.1 Å². The SMILES string of the molecule is CN(C)Cc1ccccc1NC(=O)CC(N)C1CC1. The van der Waals surface area contributed by atoms with E-state index in [2.05, 4.69) is 10.2 Å². The molecule has 4 heteroatoms. The third-order valence-electron chi connectivity index (χ3n) is 3.43. The van der Waals surface area contributed by atoms with E-state index in [-0.39, 0.29) is 11.9 Å². The van der Waals surface area contributed by atoms with Crippen LogP contribution in [0.2, 0.25) is 0 Å². The lowest BCUT2D eigenvalue weighted by Gasteiger charge is -2.16. The fraction of sp³-hybridized carbons (Fsp3) is 0.533. The van der Waals surface area contributed by atoms with Crippen molar-refractivity contribution < 1.29 is 4.79 Å². The number of hydrogen-bond acceptors (Lipinski definition) is 3. The van der Waals surface area contributed by atoms with Gasteiger partial charge in [0.05, 0.1) is 0 Å². The lowest BCUT2D eigenvalue weighted by molar-refractivity contribution is -0.116. The molecular formula is C15H23N3O. The second-order valence-electron chi connectivity index (χ2n) is 5.65. The highest BCUT2D eigenvalue weighted by Gasteiger charge is 2.29. The van der Waals surface area contributed by atoms with Gasteiger partial charge in [-0.25, -0.2) is 0 Å². The molecule has 19 heavy (non-hydrogen) atoms. The highest BCUT2D eigenvalue weighted by molar-refractivity contribution is 5.91. The molecule has 4 nitrogen and oxygen atoms in total. The molecule has 0 heterocycles. The van der Waals surface area contributed by atoms with Crippen LogP contribution in [0.1, 0.15) is 24.8 Å². The second-order valence-corrected chi connectivity index (χ2v) is 5.65. The number of nitrogens with one attached hydrogen (secondary N) is 1. The van der Waals surface area contributed by atoms with Crippen molar-refractivity contribution in [1.82, 2.24) is 4.90 Å². The molecule has 1 aliphatic rings.